The van der Waals surface area contributed by atoms with Crippen LogP contribution in [-0.4, -0.2) is 0 Å². The smallest absolute Gasteiger partial charge is 0.206 e. The third-order valence-electron chi connectivity index (χ3n) is 4.49. The van der Waals surface area contributed by atoms with Gasteiger partial charge in [-0.3, -0.25) is 0 Å². The maximum absolute atomic E-state index is 14.9. The molecule has 0 N–H and O–H groups in total. The van der Waals surface area contributed by atoms with Crippen molar-refractivity contribution in [1.82, 2.24) is 0 Å². The Kier molecular flexibility index (Phi) is 3.48. The van der Waals surface area contributed by atoms with Gasteiger partial charge < -0.3 is 0 Å². The lowest BCUT2D eigenvalue weighted by Gasteiger charge is -2.13. The molecule has 3 aromatic rings. The van der Waals surface area contributed by atoms with Gasteiger partial charge in [0.1, 0.15) is 12.9 Å². The molecule has 22 heavy (non-hydrogen) atoms. The Balaban J connectivity index is 2.48. The quantitative estimate of drug-likeness (QED) is 0.573. The van der Waals surface area contributed by atoms with E-state index in [1.165, 1.54) is 5.56 Å². The molecule has 1 heterocycles. The van der Waals surface area contributed by atoms with Crippen LogP contribution in [0, 0.1) is 33.5 Å². The van der Waals surface area contributed by atoms with Gasteiger partial charge in [-0.2, -0.15) is 0 Å². The normalized spacial score (nSPS) is 11.2. The minimum absolute atomic E-state index is 0.119. The van der Waals surface area contributed by atoms with Gasteiger partial charge in [-0.15, -0.1) is 0 Å². The van der Waals surface area contributed by atoms with Crippen LogP contribution in [0.25, 0.3) is 22.0 Å². The summed E-state index contributed by atoms with van der Waals surface area (Å²) in [6, 6.07) is 10.3. The standard InChI is InChI=1S/C20H21FN/c1-12-6-7-17-16(10-12)8-9-22(5)20(17)18-15(4)13(2)11-14(3)19(18)21/h6-11H,1-5H3/q+1. The van der Waals surface area contributed by atoms with Crippen LogP contribution < -0.4 is 4.57 Å². The Morgan fingerprint density at radius 2 is 1.64 bits per heavy atom. The number of fused-ring (bicyclic) bond motifs is 1. The number of pyridine rings is 1. The van der Waals surface area contributed by atoms with E-state index in [0.717, 1.165) is 33.2 Å². The zero-order chi connectivity index (χ0) is 16.0. The highest BCUT2D eigenvalue weighted by Crippen LogP contribution is 2.33. The summed E-state index contributed by atoms with van der Waals surface area (Å²) in [5, 5.41) is 2.23. The second kappa shape index (κ2) is 5.20. The predicted molar refractivity (Wildman–Crippen MR) is 89.5 cm³/mol. The van der Waals surface area contributed by atoms with E-state index in [9.17, 15) is 4.39 Å². The molecule has 1 nitrogen and oxygen atoms in total. The number of rotatable bonds is 1. The fraction of sp³-hybridized carbons (Fsp3) is 0.250. The molecule has 0 fully saturated rings. The number of hydrogen-bond donors (Lipinski definition) is 0. The fourth-order valence-corrected chi connectivity index (χ4v) is 3.14. The second-order valence-corrected chi connectivity index (χ2v) is 6.19. The first kappa shape index (κ1) is 14.7. The molecule has 2 heteroatoms. The van der Waals surface area contributed by atoms with Gasteiger partial charge >= 0.3 is 0 Å². The highest BCUT2D eigenvalue weighted by Gasteiger charge is 2.23. The summed E-state index contributed by atoms with van der Waals surface area (Å²) in [6.07, 6.45) is 2.01. The lowest BCUT2D eigenvalue weighted by Crippen LogP contribution is -2.31. The average Bonchev–Trinajstić information content (AvgIpc) is 2.47. The number of hydrogen-bond acceptors (Lipinski definition) is 0. The largest absolute Gasteiger partial charge is 0.223 e. The summed E-state index contributed by atoms with van der Waals surface area (Å²) >= 11 is 0. The Bertz CT molecular complexity index is 868. The van der Waals surface area contributed by atoms with Crippen LogP contribution in [0.4, 0.5) is 4.39 Å². The first-order valence-electron chi connectivity index (χ1n) is 7.56. The lowest BCUT2D eigenvalue weighted by molar-refractivity contribution is -0.659. The van der Waals surface area contributed by atoms with E-state index >= 15 is 0 Å². The third-order valence-corrected chi connectivity index (χ3v) is 4.49. The zero-order valence-electron chi connectivity index (χ0n) is 13.8. The number of aryl methyl sites for hydroxylation is 4. The van der Waals surface area contributed by atoms with Crippen molar-refractivity contribution in [2.45, 2.75) is 27.7 Å². The summed E-state index contributed by atoms with van der Waals surface area (Å²) in [4.78, 5) is 0. The molecule has 1 aromatic heterocycles. The minimum atomic E-state index is -0.119. The van der Waals surface area contributed by atoms with Crippen LogP contribution in [0.2, 0.25) is 0 Å². The molecule has 0 aliphatic carbocycles. The summed E-state index contributed by atoms with van der Waals surface area (Å²) in [6.45, 7) is 7.95. The van der Waals surface area contributed by atoms with Crippen molar-refractivity contribution in [3.05, 3.63) is 64.6 Å². The average molecular weight is 294 g/mol. The van der Waals surface area contributed by atoms with Crippen molar-refractivity contribution >= 4 is 10.8 Å². The van der Waals surface area contributed by atoms with E-state index in [1.54, 1.807) is 0 Å². The van der Waals surface area contributed by atoms with Crippen molar-refractivity contribution in [2.75, 3.05) is 0 Å². The van der Waals surface area contributed by atoms with Gasteiger partial charge in [-0.05, 0) is 55.8 Å². The molecular weight excluding hydrogens is 273 g/mol. The van der Waals surface area contributed by atoms with Gasteiger partial charge in [0.2, 0.25) is 5.69 Å². The summed E-state index contributed by atoms with van der Waals surface area (Å²) < 4.78 is 16.9. The second-order valence-electron chi connectivity index (χ2n) is 6.19. The van der Waals surface area contributed by atoms with Crippen LogP contribution >= 0.6 is 0 Å². The topological polar surface area (TPSA) is 3.88 Å². The molecule has 0 bridgehead atoms. The SMILES string of the molecule is Cc1ccc2c(-c3c(C)c(C)cc(C)c3F)[n+](C)ccc2c1. The fourth-order valence-electron chi connectivity index (χ4n) is 3.14. The van der Waals surface area contributed by atoms with Crippen LogP contribution in [0.1, 0.15) is 22.3 Å². The summed E-state index contributed by atoms with van der Waals surface area (Å²) in [5.41, 5.74) is 5.70. The van der Waals surface area contributed by atoms with Crippen molar-refractivity contribution < 1.29 is 8.96 Å². The summed E-state index contributed by atoms with van der Waals surface area (Å²) in [7, 11) is 1.98. The Labute approximate surface area is 131 Å². The molecule has 3 rings (SSSR count). The molecule has 112 valence electrons. The first-order chi connectivity index (χ1) is 10.4. The summed E-state index contributed by atoms with van der Waals surface area (Å²) in [5.74, 6) is -0.119. The molecular formula is C20H21FN+. The van der Waals surface area contributed by atoms with E-state index in [4.69, 9.17) is 0 Å². The molecule has 0 aliphatic rings. The van der Waals surface area contributed by atoms with Crippen molar-refractivity contribution in [3.8, 4) is 11.3 Å². The lowest BCUT2D eigenvalue weighted by atomic mass is 9.93. The van der Waals surface area contributed by atoms with E-state index in [0.29, 0.717) is 5.56 Å². The van der Waals surface area contributed by atoms with Gasteiger partial charge in [0.15, 0.2) is 6.20 Å². The number of halogens is 1. The van der Waals surface area contributed by atoms with Gasteiger partial charge in [0.25, 0.3) is 0 Å². The molecule has 2 aromatic carbocycles. The molecule has 0 spiro atoms. The molecule has 0 saturated heterocycles. The van der Waals surface area contributed by atoms with E-state index < -0.39 is 0 Å². The Hall–Kier alpha value is -2.22. The van der Waals surface area contributed by atoms with Gasteiger partial charge in [0, 0.05) is 6.07 Å². The molecule has 0 unspecified atom stereocenters. The zero-order valence-corrected chi connectivity index (χ0v) is 13.8. The van der Waals surface area contributed by atoms with Crippen LogP contribution in [0.3, 0.4) is 0 Å². The molecule has 0 amide bonds. The van der Waals surface area contributed by atoms with Crippen molar-refractivity contribution in [3.63, 3.8) is 0 Å². The Morgan fingerprint density at radius 3 is 2.36 bits per heavy atom. The molecule has 0 saturated carbocycles. The van der Waals surface area contributed by atoms with Crippen LogP contribution in [0.15, 0.2) is 36.5 Å². The number of nitrogens with zero attached hydrogens (tertiary/aromatic N) is 1. The van der Waals surface area contributed by atoms with E-state index in [1.807, 2.05) is 44.6 Å². The van der Waals surface area contributed by atoms with Gasteiger partial charge in [-0.25, -0.2) is 8.96 Å². The van der Waals surface area contributed by atoms with Crippen molar-refractivity contribution in [2.24, 2.45) is 7.05 Å². The molecule has 0 aliphatic heterocycles. The maximum Gasteiger partial charge on any atom is 0.223 e. The molecule has 0 radical (unpaired) electrons. The highest BCUT2D eigenvalue weighted by molar-refractivity contribution is 5.94. The Morgan fingerprint density at radius 1 is 0.909 bits per heavy atom. The van der Waals surface area contributed by atoms with E-state index in [-0.39, 0.29) is 5.82 Å². The predicted octanol–water partition coefficient (Wildman–Crippen LogP) is 4.70. The monoisotopic (exact) mass is 294 g/mol. The number of aromatic nitrogens is 1. The molecule has 0 atom stereocenters. The van der Waals surface area contributed by atoms with Crippen molar-refractivity contribution in [1.29, 1.82) is 0 Å². The number of benzene rings is 2. The highest BCUT2D eigenvalue weighted by atomic mass is 19.1. The van der Waals surface area contributed by atoms with Gasteiger partial charge in [0.05, 0.1) is 10.9 Å². The van der Waals surface area contributed by atoms with E-state index in [2.05, 4.69) is 31.2 Å². The maximum atomic E-state index is 14.9. The third kappa shape index (κ3) is 2.19. The van der Waals surface area contributed by atoms with Crippen LogP contribution in [0.5, 0.6) is 0 Å². The minimum Gasteiger partial charge on any atom is -0.206 e. The van der Waals surface area contributed by atoms with Crippen LogP contribution in [-0.2, 0) is 7.05 Å². The van der Waals surface area contributed by atoms with Gasteiger partial charge in [-0.1, -0.05) is 23.8 Å². The first-order valence-corrected chi connectivity index (χ1v) is 7.56.